The molecular formula is C15H17NO3. The lowest BCUT2D eigenvalue weighted by molar-refractivity contribution is -0.146. The molecule has 4 heteroatoms. The van der Waals surface area contributed by atoms with E-state index in [-0.39, 0.29) is 12.1 Å². The zero-order valence-corrected chi connectivity index (χ0v) is 11.0. The number of nitrogens with zero attached hydrogens (tertiary/aromatic N) is 1. The van der Waals surface area contributed by atoms with E-state index < -0.39 is 5.54 Å². The van der Waals surface area contributed by atoms with Crippen LogP contribution < -0.4 is 0 Å². The van der Waals surface area contributed by atoms with Crippen LogP contribution in [0.5, 0.6) is 0 Å². The number of methoxy groups -OCH3 is 1. The van der Waals surface area contributed by atoms with Crippen molar-refractivity contribution in [2.45, 2.75) is 37.3 Å². The van der Waals surface area contributed by atoms with Gasteiger partial charge in [-0.15, -0.1) is 0 Å². The first kappa shape index (κ1) is 12.4. The molecule has 0 radical (unpaired) electrons. The zero-order valence-electron chi connectivity index (χ0n) is 11.0. The van der Waals surface area contributed by atoms with Crippen molar-refractivity contribution in [3.05, 3.63) is 35.9 Å². The number of cyclic esters (lactones) is 1. The van der Waals surface area contributed by atoms with Crippen molar-refractivity contribution in [2.24, 2.45) is 4.99 Å². The molecule has 1 aromatic rings. The van der Waals surface area contributed by atoms with Crippen LogP contribution in [-0.4, -0.2) is 30.6 Å². The second kappa shape index (κ2) is 4.78. The monoisotopic (exact) mass is 259 g/mol. The predicted octanol–water partition coefficient (Wildman–Crippen LogP) is 2.32. The van der Waals surface area contributed by atoms with E-state index >= 15 is 0 Å². The molecule has 0 amide bonds. The van der Waals surface area contributed by atoms with Crippen molar-refractivity contribution in [3.8, 4) is 0 Å². The highest BCUT2D eigenvalue weighted by Gasteiger charge is 2.53. The number of esters is 1. The maximum atomic E-state index is 12.3. The third-order valence-electron chi connectivity index (χ3n) is 3.96. The first-order valence-corrected chi connectivity index (χ1v) is 6.66. The fourth-order valence-electron chi connectivity index (χ4n) is 2.93. The van der Waals surface area contributed by atoms with E-state index in [2.05, 4.69) is 4.99 Å². The highest BCUT2D eigenvalue weighted by atomic mass is 16.6. The summed E-state index contributed by atoms with van der Waals surface area (Å²) in [4.78, 5) is 16.9. The van der Waals surface area contributed by atoms with Gasteiger partial charge in [0, 0.05) is 12.7 Å². The van der Waals surface area contributed by atoms with Gasteiger partial charge >= 0.3 is 5.97 Å². The molecule has 1 aromatic carbocycles. The lowest BCUT2D eigenvalue weighted by Crippen LogP contribution is -2.49. The molecule has 0 aromatic heterocycles. The molecule has 1 saturated carbocycles. The number of ether oxygens (including phenoxy) is 2. The van der Waals surface area contributed by atoms with Crippen LogP contribution in [0.2, 0.25) is 0 Å². The summed E-state index contributed by atoms with van der Waals surface area (Å²) in [6.07, 6.45) is 3.46. The molecule has 0 N–H and O–H groups in total. The van der Waals surface area contributed by atoms with Crippen LogP contribution in [0.15, 0.2) is 35.3 Å². The highest BCUT2D eigenvalue weighted by molar-refractivity contribution is 6.08. The summed E-state index contributed by atoms with van der Waals surface area (Å²) in [5.74, 6) is 0.160. The Morgan fingerprint density at radius 1 is 1.32 bits per heavy atom. The van der Waals surface area contributed by atoms with Gasteiger partial charge in [-0.1, -0.05) is 31.0 Å². The SMILES string of the molecule is CO[C@@H]1CCCC[C@@]12N=C(c1ccccc1)OC2=O. The fourth-order valence-corrected chi connectivity index (χ4v) is 2.93. The molecule has 0 bridgehead atoms. The first-order chi connectivity index (χ1) is 9.26. The summed E-state index contributed by atoms with van der Waals surface area (Å²) in [6.45, 7) is 0. The Bertz CT molecular complexity index is 511. The smallest absolute Gasteiger partial charge is 0.343 e. The van der Waals surface area contributed by atoms with E-state index in [0.29, 0.717) is 12.3 Å². The van der Waals surface area contributed by atoms with Gasteiger partial charge in [0.05, 0.1) is 6.10 Å². The molecule has 2 atom stereocenters. The van der Waals surface area contributed by atoms with Crippen molar-refractivity contribution in [3.63, 3.8) is 0 Å². The Kier molecular flexibility index (Phi) is 3.11. The Balaban J connectivity index is 1.98. The standard InChI is InChI=1S/C15H17NO3/c1-18-12-9-5-6-10-15(12)14(17)19-13(16-15)11-7-3-2-4-8-11/h2-4,7-8,12H,5-6,9-10H2,1H3/t12-,15-/m1/s1. The predicted molar refractivity (Wildman–Crippen MR) is 71.1 cm³/mol. The van der Waals surface area contributed by atoms with E-state index in [4.69, 9.17) is 9.47 Å². The van der Waals surface area contributed by atoms with Gasteiger partial charge in [-0.2, -0.15) is 0 Å². The number of carbonyl (C=O) groups is 1. The van der Waals surface area contributed by atoms with Crippen LogP contribution in [0.25, 0.3) is 0 Å². The molecule has 19 heavy (non-hydrogen) atoms. The second-order valence-corrected chi connectivity index (χ2v) is 5.07. The molecule has 0 saturated heterocycles. The topological polar surface area (TPSA) is 47.9 Å². The van der Waals surface area contributed by atoms with Crippen molar-refractivity contribution in [2.75, 3.05) is 7.11 Å². The van der Waals surface area contributed by atoms with E-state index in [9.17, 15) is 4.79 Å². The Morgan fingerprint density at radius 3 is 2.84 bits per heavy atom. The number of rotatable bonds is 2. The van der Waals surface area contributed by atoms with Crippen LogP contribution in [0.3, 0.4) is 0 Å². The van der Waals surface area contributed by atoms with E-state index in [0.717, 1.165) is 24.8 Å². The molecule has 1 aliphatic heterocycles. The van der Waals surface area contributed by atoms with Crippen molar-refractivity contribution in [1.82, 2.24) is 0 Å². The van der Waals surface area contributed by atoms with Crippen LogP contribution in [0.1, 0.15) is 31.2 Å². The Morgan fingerprint density at radius 2 is 2.11 bits per heavy atom. The summed E-state index contributed by atoms with van der Waals surface area (Å²) in [6, 6.07) is 9.54. The van der Waals surface area contributed by atoms with Crippen molar-refractivity contribution < 1.29 is 14.3 Å². The Hall–Kier alpha value is -1.68. The minimum atomic E-state index is -0.821. The average molecular weight is 259 g/mol. The molecular weight excluding hydrogens is 242 g/mol. The van der Waals surface area contributed by atoms with Crippen LogP contribution >= 0.6 is 0 Å². The summed E-state index contributed by atoms with van der Waals surface area (Å²) in [5.41, 5.74) is 0.0196. The van der Waals surface area contributed by atoms with Crippen LogP contribution in [0, 0.1) is 0 Å². The third-order valence-corrected chi connectivity index (χ3v) is 3.96. The first-order valence-electron chi connectivity index (χ1n) is 6.66. The van der Waals surface area contributed by atoms with E-state index in [1.54, 1.807) is 7.11 Å². The van der Waals surface area contributed by atoms with Gasteiger partial charge in [-0.05, 0) is 25.0 Å². The minimum Gasteiger partial charge on any atom is -0.405 e. The molecule has 0 unspecified atom stereocenters. The highest BCUT2D eigenvalue weighted by Crippen LogP contribution is 2.38. The number of aliphatic imine (C=N–C) groups is 1. The van der Waals surface area contributed by atoms with Crippen molar-refractivity contribution >= 4 is 11.9 Å². The number of benzene rings is 1. The molecule has 2 aliphatic rings. The number of hydrogen-bond donors (Lipinski definition) is 0. The van der Waals surface area contributed by atoms with Gasteiger partial charge in [-0.25, -0.2) is 9.79 Å². The summed E-state index contributed by atoms with van der Waals surface area (Å²) >= 11 is 0. The van der Waals surface area contributed by atoms with Gasteiger partial charge in [0.15, 0.2) is 5.54 Å². The fraction of sp³-hybridized carbons (Fsp3) is 0.467. The molecule has 1 heterocycles. The average Bonchev–Trinajstić information content (AvgIpc) is 2.78. The molecule has 1 aliphatic carbocycles. The summed E-state index contributed by atoms with van der Waals surface area (Å²) < 4.78 is 10.9. The van der Waals surface area contributed by atoms with E-state index in [1.165, 1.54) is 0 Å². The quantitative estimate of drug-likeness (QED) is 0.766. The summed E-state index contributed by atoms with van der Waals surface area (Å²) in [7, 11) is 1.64. The maximum Gasteiger partial charge on any atom is 0.343 e. The molecule has 1 spiro atoms. The largest absolute Gasteiger partial charge is 0.405 e. The molecule has 1 fully saturated rings. The zero-order chi connectivity index (χ0) is 13.3. The lowest BCUT2D eigenvalue weighted by Gasteiger charge is -2.34. The lowest BCUT2D eigenvalue weighted by atomic mass is 9.80. The second-order valence-electron chi connectivity index (χ2n) is 5.07. The van der Waals surface area contributed by atoms with Crippen LogP contribution in [-0.2, 0) is 14.3 Å². The Labute approximate surface area is 112 Å². The molecule has 100 valence electrons. The molecule has 3 rings (SSSR count). The maximum absolute atomic E-state index is 12.3. The van der Waals surface area contributed by atoms with Gasteiger partial charge in [0.25, 0.3) is 0 Å². The van der Waals surface area contributed by atoms with Gasteiger partial charge in [-0.3, -0.25) is 0 Å². The number of carbonyl (C=O) groups excluding carboxylic acids is 1. The van der Waals surface area contributed by atoms with E-state index in [1.807, 2.05) is 30.3 Å². The van der Waals surface area contributed by atoms with Gasteiger partial charge < -0.3 is 9.47 Å². The summed E-state index contributed by atoms with van der Waals surface area (Å²) in [5, 5.41) is 0. The normalized spacial score (nSPS) is 30.3. The minimum absolute atomic E-state index is 0.171. The molecule has 4 nitrogen and oxygen atoms in total. The van der Waals surface area contributed by atoms with Gasteiger partial charge in [0.2, 0.25) is 5.90 Å². The van der Waals surface area contributed by atoms with Gasteiger partial charge in [0.1, 0.15) is 0 Å². The van der Waals surface area contributed by atoms with Crippen LogP contribution in [0.4, 0.5) is 0 Å². The third kappa shape index (κ3) is 1.96. The van der Waals surface area contributed by atoms with Crippen molar-refractivity contribution in [1.29, 1.82) is 0 Å². The number of hydrogen-bond acceptors (Lipinski definition) is 4.